The van der Waals surface area contributed by atoms with Crippen LogP contribution in [0.5, 0.6) is 0 Å². The summed E-state index contributed by atoms with van der Waals surface area (Å²) in [5.74, 6) is -0.197. The standard InChI is InChI=1S/C17H21N3O2S/c1-11-5-6-13(12(2)9-11)15-19-20-16(23-15)18-14(21)10-17(22)7-3-4-8-17/h5-6,9,22H,3-4,7-8,10H2,1-2H3,(H,18,20,21). The number of anilines is 1. The van der Waals surface area contributed by atoms with E-state index in [2.05, 4.69) is 28.5 Å². The molecule has 1 aliphatic rings. The van der Waals surface area contributed by atoms with Gasteiger partial charge in [-0.2, -0.15) is 0 Å². The van der Waals surface area contributed by atoms with Gasteiger partial charge in [-0.15, -0.1) is 10.2 Å². The zero-order valence-corrected chi connectivity index (χ0v) is 14.2. The summed E-state index contributed by atoms with van der Waals surface area (Å²) < 4.78 is 0. The van der Waals surface area contributed by atoms with Crippen molar-refractivity contribution in [1.82, 2.24) is 10.2 Å². The highest BCUT2D eigenvalue weighted by Crippen LogP contribution is 2.33. The number of rotatable bonds is 4. The smallest absolute Gasteiger partial charge is 0.229 e. The molecule has 0 aliphatic heterocycles. The van der Waals surface area contributed by atoms with Gasteiger partial charge in [0.1, 0.15) is 5.01 Å². The fourth-order valence-corrected chi connectivity index (χ4v) is 3.96. The number of aromatic nitrogens is 2. The molecule has 1 aromatic carbocycles. The second-order valence-corrected chi connectivity index (χ2v) is 7.36. The SMILES string of the molecule is Cc1ccc(-c2nnc(NC(=O)CC3(O)CCCC3)s2)c(C)c1. The molecular formula is C17H21N3O2S. The molecule has 1 saturated carbocycles. The number of nitrogens with one attached hydrogen (secondary N) is 1. The van der Waals surface area contributed by atoms with Gasteiger partial charge in [-0.3, -0.25) is 4.79 Å². The van der Waals surface area contributed by atoms with Gasteiger partial charge in [-0.05, 0) is 32.3 Å². The molecule has 6 heteroatoms. The van der Waals surface area contributed by atoms with E-state index >= 15 is 0 Å². The van der Waals surface area contributed by atoms with Crippen LogP contribution in [0.3, 0.4) is 0 Å². The molecule has 1 aliphatic carbocycles. The van der Waals surface area contributed by atoms with E-state index in [1.165, 1.54) is 16.9 Å². The Kier molecular flexibility index (Phi) is 4.46. The largest absolute Gasteiger partial charge is 0.389 e. The Bertz CT molecular complexity index is 720. The molecule has 122 valence electrons. The second kappa shape index (κ2) is 6.37. The van der Waals surface area contributed by atoms with Crippen LogP contribution in [0.15, 0.2) is 18.2 Å². The highest BCUT2D eigenvalue weighted by Gasteiger charge is 2.33. The van der Waals surface area contributed by atoms with Crippen molar-refractivity contribution in [3.8, 4) is 10.6 Å². The lowest BCUT2D eigenvalue weighted by Gasteiger charge is -2.20. The molecule has 1 aromatic heterocycles. The van der Waals surface area contributed by atoms with Gasteiger partial charge in [-0.25, -0.2) is 0 Å². The summed E-state index contributed by atoms with van der Waals surface area (Å²) in [6.07, 6.45) is 3.50. The molecule has 3 rings (SSSR count). The highest BCUT2D eigenvalue weighted by atomic mass is 32.1. The van der Waals surface area contributed by atoms with Gasteiger partial charge in [0.05, 0.1) is 12.0 Å². The molecule has 1 amide bonds. The molecule has 1 fully saturated rings. The molecule has 0 spiro atoms. The Morgan fingerprint density at radius 2 is 2.04 bits per heavy atom. The van der Waals surface area contributed by atoms with Gasteiger partial charge >= 0.3 is 0 Å². The normalized spacial score (nSPS) is 16.5. The van der Waals surface area contributed by atoms with Crippen molar-refractivity contribution < 1.29 is 9.90 Å². The van der Waals surface area contributed by atoms with Crippen LogP contribution in [0.2, 0.25) is 0 Å². The average Bonchev–Trinajstić information content (AvgIpc) is 3.08. The number of carbonyl (C=O) groups excluding carboxylic acids is 1. The third kappa shape index (κ3) is 3.76. The number of hydrogen-bond donors (Lipinski definition) is 2. The van der Waals surface area contributed by atoms with Crippen LogP contribution in [0, 0.1) is 13.8 Å². The molecule has 0 bridgehead atoms. The first kappa shape index (κ1) is 16.1. The fraction of sp³-hybridized carbons (Fsp3) is 0.471. The predicted octanol–water partition coefficient (Wildman–Crippen LogP) is 3.46. The molecule has 0 atom stereocenters. The van der Waals surface area contributed by atoms with E-state index in [9.17, 15) is 9.90 Å². The zero-order valence-electron chi connectivity index (χ0n) is 13.4. The first-order chi connectivity index (χ1) is 11.0. The number of hydrogen-bond acceptors (Lipinski definition) is 5. The number of carbonyl (C=O) groups is 1. The third-order valence-electron chi connectivity index (χ3n) is 4.31. The minimum absolute atomic E-state index is 0.130. The van der Waals surface area contributed by atoms with Crippen molar-refractivity contribution in [2.24, 2.45) is 0 Å². The Morgan fingerprint density at radius 1 is 1.30 bits per heavy atom. The van der Waals surface area contributed by atoms with E-state index in [0.29, 0.717) is 18.0 Å². The van der Waals surface area contributed by atoms with Crippen LogP contribution < -0.4 is 5.32 Å². The summed E-state index contributed by atoms with van der Waals surface area (Å²) in [6, 6.07) is 6.17. The highest BCUT2D eigenvalue weighted by molar-refractivity contribution is 7.18. The van der Waals surface area contributed by atoms with Gasteiger partial charge in [0.25, 0.3) is 0 Å². The van der Waals surface area contributed by atoms with Gasteiger partial charge in [0, 0.05) is 5.56 Å². The number of aryl methyl sites for hydroxylation is 2. The van der Waals surface area contributed by atoms with E-state index in [4.69, 9.17) is 0 Å². The molecule has 0 radical (unpaired) electrons. The lowest BCUT2D eigenvalue weighted by Crippen LogP contribution is -2.30. The Morgan fingerprint density at radius 3 is 2.74 bits per heavy atom. The first-order valence-electron chi connectivity index (χ1n) is 7.89. The Hall–Kier alpha value is -1.79. The summed E-state index contributed by atoms with van der Waals surface area (Å²) in [7, 11) is 0. The molecule has 2 aromatic rings. The van der Waals surface area contributed by atoms with Crippen LogP contribution in [0.25, 0.3) is 10.6 Å². The first-order valence-corrected chi connectivity index (χ1v) is 8.70. The molecule has 0 saturated heterocycles. The predicted molar refractivity (Wildman–Crippen MR) is 91.5 cm³/mol. The average molecular weight is 331 g/mol. The van der Waals surface area contributed by atoms with Crippen LogP contribution >= 0.6 is 11.3 Å². The molecule has 23 heavy (non-hydrogen) atoms. The van der Waals surface area contributed by atoms with Crippen molar-refractivity contribution in [3.05, 3.63) is 29.3 Å². The number of aliphatic hydroxyl groups is 1. The zero-order chi connectivity index (χ0) is 16.4. The lowest BCUT2D eigenvalue weighted by atomic mass is 9.98. The van der Waals surface area contributed by atoms with Gasteiger partial charge in [0.2, 0.25) is 11.0 Å². The van der Waals surface area contributed by atoms with Crippen LogP contribution in [-0.4, -0.2) is 26.8 Å². The summed E-state index contributed by atoms with van der Waals surface area (Å²) in [5, 5.41) is 22.5. The van der Waals surface area contributed by atoms with Crippen LogP contribution in [0.4, 0.5) is 5.13 Å². The minimum Gasteiger partial charge on any atom is -0.389 e. The van der Waals surface area contributed by atoms with Crippen LogP contribution in [0.1, 0.15) is 43.2 Å². The van der Waals surface area contributed by atoms with Crippen molar-refractivity contribution >= 4 is 22.4 Å². The summed E-state index contributed by atoms with van der Waals surface area (Å²) >= 11 is 1.36. The van der Waals surface area contributed by atoms with Gasteiger partial charge < -0.3 is 10.4 Å². The maximum absolute atomic E-state index is 12.1. The summed E-state index contributed by atoms with van der Waals surface area (Å²) in [5.41, 5.74) is 2.53. The molecule has 2 N–H and O–H groups in total. The maximum atomic E-state index is 12.1. The maximum Gasteiger partial charge on any atom is 0.229 e. The van der Waals surface area contributed by atoms with Crippen molar-refractivity contribution in [2.45, 2.75) is 51.6 Å². The van der Waals surface area contributed by atoms with E-state index < -0.39 is 5.60 Å². The number of benzene rings is 1. The quantitative estimate of drug-likeness (QED) is 0.900. The van der Waals surface area contributed by atoms with E-state index in [-0.39, 0.29) is 12.3 Å². The van der Waals surface area contributed by atoms with Gasteiger partial charge in [0.15, 0.2) is 0 Å². The number of nitrogens with zero attached hydrogens (tertiary/aromatic N) is 2. The van der Waals surface area contributed by atoms with Crippen LogP contribution in [-0.2, 0) is 4.79 Å². The second-order valence-electron chi connectivity index (χ2n) is 6.39. The molecular weight excluding hydrogens is 310 g/mol. The van der Waals surface area contributed by atoms with Crippen molar-refractivity contribution in [3.63, 3.8) is 0 Å². The third-order valence-corrected chi connectivity index (χ3v) is 5.18. The van der Waals surface area contributed by atoms with E-state index in [1.54, 1.807) is 0 Å². The van der Waals surface area contributed by atoms with Crippen molar-refractivity contribution in [1.29, 1.82) is 0 Å². The topological polar surface area (TPSA) is 75.1 Å². The van der Waals surface area contributed by atoms with Gasteiger partial charge in [-0.1, -0.05) is 47.9 Å². The monoisotopic (exact) mass is 331 g/mol. The number of amides is 1. The Balaban J connectivity index is 1.68. The van der Waals surface area contributed by atoms with E-state index in [0.717, 1.165) is 29.0 Å². The van der Waals surface area contributed by atoms with E-state index in [1.807, 2.05) is 19.1 Å². The fourth-order valence-electron chi connectivity index (χ4n) is 3.11. The molecule has 5 nitrogen and oxygen atoms in total. The van der Waals surface area contributed by atoms with Crippen molar-refractivity contribution in [2.75, 3.05) is 5.32 Å². The molecule has 1 heterocycles. The lowest BCUT2D eigenvalue weighted by molar-refractivity contribution is -0.120. The Labute approximate surface area is 139 Å². The summed E-state index contributed by atoms with van der Waals surface area (Å²) in [6.45, 7) is 4.09. The minimum atomic E-state index is -0.842. The molecule has 0 unspecified atom stereocenters. The summed E-state index contributed by atoms with van der Waals surface area (Å²) in [4.78, 5) is 12.1.